The molecule has 1 unspecified atom stereocenters. The fourth-order valence-corrected chi connectivity index (χ4v) is 2.72. The van der Waals surface area contributed by atoms with Gasteiger partial charge in [0.1, 0.15) is 0 Å². The minimum Gasteiger partial charge on any atom is -0.494 e. The molecule has 1 aliphatic heterocycles. The molecule has 1 aromatic rings. The topological polar surface area (TPSA) is 66.0 Å². The number of methoxy groups -OCH3 is 1. The van der Waals surface area contributed by atoms with Gasteiger partial charge in [-0.2, -0.15) is 0 Å². The van der Waals surface area contributed by atoms with Crippen LogP contribution in [-0.4, -0.2) is 50.1 Å². The molecule has 25 heavy (non-hydrogen) atoms. The zero-order valence-corrected chi connectivity index (χ0v) is 17.2. The van der Waals surface area contributed by atoms with Gasteiger partial charge in [-0.15, -0.1) is 24.0 Å². The highest BCUT2D eigenvalue weighted by Crippen LogP contribution is 2.17. The van der Waals surface area contributed by atoms with Gasteiger partial charge in [0, 0.05) is 39.1 Å². The molecule has 8 heteroatoms. The molecule has 0 radical (unpaired) electrons. The van der Waals surface area contributed by atoms with Crippen LogP contribution in [0, 0.1) is 5.82 Å². The number of rotatable bonds is 5. The molecule has 1 heterocycles. The summed E-state index contributed by atoms with van der Waals surface area (Å²) in [4.78, 5) is 17.8. The molecule has 0 saturated carbocycles. The van der Waals surface area contributed by atoms with E-state index in [1.807, 2.05) is 11.8 Å². The van der Waals surface area contributed by atoms with E-state index < -0.39 is 0 Å². The van der Waals surface area contributed by atoms with Crippen LogP contribution in [0.3, 0.4) is 0 Å². The number of hydrogen-bond donors (Lipinski definition) is 2. The normalized spacial score (nSPS) is 17.0. The molecule has 1 atom stereocenters. The molecular weight excluding hydrogens is 438 g/mol. The number of carbonyl (C=O) groups excluding carboxylic acids is 1. The van der Waals surface area contributed by atoms with Crippen LogP contribution >= 0.6 is 24.0 Å². The number of ether oxygens (including phenoxy) is 1. The first-order valence-corrected chi connectivity index (χ1v) is 8.14. The van der Waals surface area contributed by atoms with Crippen molar-refractivity contribution >= 4 is 35.8 Å². The second kappa shape index (κ2) is 10.4. The number of nitrogens with one attached hydrogen (secondary N) is 2. The Kier molecular flexibility index (Phi) is 8.95. The maximum Gasteiger partial charge on any atom is 0.222 e. The van der Waals surface area contributed by atoms with Crippen molar-refractivity contribution in [3.63, 3.8) is 0 Å². The molecular formula is C17H26FIN4O2. The number of aliphatic imine (C=N–C) groups is 1. The van der Waals surface area contributed by atoms with Crippen molar-refractivity contribution in [3.05, 3.63) is 29.6 Å². The minimum absolute atomic E-state index is 0. The Morgan fingerprint density at radius 3 is 2.84 bits per heavy atom. The number of carbonyl (C=O) groups is 1. The fraction of sp³-hybridized carbons (Fsp3) is 0.529. The third-order valence-electron chi connectivity index (χ3n) is 4.08. The Hall–Kier alpha value is -1.58. The molecule has 1 fully saturated rings. The number of hydrogen-bond acceptors (Lipinski definition) is 3. The van der Waals surface area contributed by atoms with Crippen LogP contribution in [0.25, 0.3) is 0 Å². The van der Waals surface area contributed by atoms with E-state index in [9.17, 15) is 9.18 Å². The lowest BCUT2D eigenvalue weighted by molar-refractivity contribution is -0.129. The predicted molar refractivity (Wildman–Crippen MR) is 107 cm³/mol. The van der Waals surface area contributed by atoms with E-state index in [0.29, 0.717) is 25.5 Å². The summed E-state index contributed by atoms with van der Waals surface area (Å²) < 4.78 is 18.6. The quantitative estimate of drug-likeness (QED) is 0.398. The SMILES string of the molecule is CCC(=O)N1CCC(NC(=NC)NCc2ccc(OC)c(F)c2)C1.I. The standard InChI is InChI=1S/C17H25FN4O2.HI/c1-4-16(23)22-8-7-13(11-22)21-17(19-2)20-10-12-5-6-15(24-3)14(18)9-12;/h5-6,9,13H,4,7-8,10-11H2,1-3H3,(H2,19,20,21);1H. The molecule has 6 nitrogen and oxygen atoms in total. The van der Waals surface area contributed by atoms with Gasteiger partial charge < -0.3 is 20.3 Å². The third-order valence-corrected chi connectivity index (χ3v) is 4.08. The number of halogens is 2. The van der Waals surface area contributed by atoms with E-state index in [-0.39, 0.29) is 47.5 Å². The molecule has 2 N–H and O–H groups in total. The summed E-state index contributed by atoms with van der Waals surface area (Å²) in [6, 6.07) is 5.03. The molecule has 2 rings (SSSR count). The van der Waals surface area contributed by atoms with Gasteiger partial charge in [-0.05, 0) is 24.1 Å². The summed E-state index contributed by atoms with van der Waals surface area (Å²) in [7, 11) is 3.13. The minimum atomic E-state index is -0.385. The van der Waals surface area contributed by atoms with E-state index in [1.54, 1.807) is 19.2 Å². The summed E-state index contributed by atoms with van der Waals surface area (Å²) >= 11 is 0. The van der Waals surface area contributed by atoms with E-state index in [4.69, 9.17) is 4.74 Å². The van der Waals surface area contributed by atoms with E-state index in [1.165, 1.54) is 13.2 Å². The highest BCUT2D eigenvalue weighted by Gasteiger charge is 2.25. The second-order valence-corrected chi connectivity index (χ2v) is 5.72. The Bertz CT molecular complexity index is 612. The second-order valence-electron chi connectivity index (χ2n) is 5.72. The Labute approximate surface area is 165 Å². The zero-order chi connectivity index (χ0) is 17.5. The number of amides is 1. The van der Waals surface area contributed by atoms with Crippen molar-refractivity contribution in [1.82, 2.24) is 15.5 Å². The summed E-state index contributed by atoms with van der Waals surface area (Å²) in [5.74, 6) is 0.662. The summed E-state index contributed by atoms with van der Waals surface area (Å²) in [6.07, 6.45) is 1.42. The lowest BCUT2D eigenvalue weighted by atomic mass is 10.2. The van der Waals surface area contributed by atoms with Crippen LogP contribution < -0.4 is 15.4 Å². The first-order valence-electron chi connectivity index (χ1n) is 8.14. The van der Waals surface area contributed by atoms with Gasteiger partial charge in [-0.3, -0.25) is 9.79 Å². The van der Waals surface area contributed by atoms with Crippen molar-refractivity contribution in [1.29, 1.82) is 0 Å². The summed E-state index contributed by atoms with van der Waals surface area (Å²) in [5.41, 5.74) is 0.797. The average molecular weight is 464 g/mol. The third kappa shape index (κ3) is 6.02. The Balaban J connectivity index is 0.00000312. The highest BCUT2D eigenvalue weighted by molar-refractivity contribution is 14.0. The molecule has 1 aliphatic rings. The van der Waals surface area contributed by atoms with Gasteiger partial charge in [-0.25, -0.2) is 4.39 Å². The molecule has 140 valence electrons. The van der Waals surface area contributed by atoms with Crippen molar-refractivity contribution < 1.29 is 13.9 Å². The van der Waals surface area contributed by atoms with Crippen molar-refractivity contribution in [2.45, 2.75) is 32.4 Å². The van der Waals surface area contributed by atoms with E-state index in [0.717, 1.165) is 18.5 Å². The Morgan fingerprint density at radius 1 is 1.48 bits per heavy atom. The van der Waals surface area contributed by atoms with Crippen LogP contribution in [0.2, 0.25) is 0 Å². The smallest absolute Gasteiger partial charge is 0.222 e. The van der Waals surface area contributed by atoms with E-state index >= 15 is 0 Å². The van der Waals surface area contributed by atoms with Crippen LogP contribution in [0.5, 0.6) is 5.75 Å². The maximum atomic E-state index is 13.7. The number of guanidine groups is 1. The van der Waals surface area contributed by atoms with Crippen LogP contribution in [0.1, 0.15) is 25.3 Å². The number of likely N-dealkylation sites (tertiary alicyclic amines) is 1. The van der Waals surface area contributed by atoms with Crippen LogP contribution in [-0.2, 0) is 11.3 Å². The Morgan fingerprint density at radius 2 is 2.24 bits per heavy atom. The number of nitrogens with zero attached hydrogens (tertiary/aromatic N) is 2. The van der Waals surface area contributed by atoms with Gasteiger partial charge in [0.05, 0.1) is 7.11 Å². The highest BCUT2D eigenvalue weighted by atomic mass is 127. The molecule has 1 saturated heterocycles. The first kappa shape index (κ1) is 21.5. The molecule has 0 aliphatic carbocycles. The molecule has 1 aromatic carbocycles. The first-order chi connectivity index (χ1) is 11.6. The van der Waals surface area contributed by atoms with Gasteiger partial charge in [-0.1, -0.05) is 13.0 Å². The van der Waals surface area contributed by atoms with Crippen LogP contribution in [0.15, 0.2) is 23.2 Å². The fourth-order valence-electron chi connectivity index (χ4n) is 2.72. The van der Waals surface area contributed by atoms with Gasteiger partial charge in [0.2, 0.25) is 5.91 Å². The number of benzene rings is 1. The molecule has 0 bridgehead atoms. The molecule has 1 amide bonds. The summed E-state index contributed by atoms with van der Waals surface area (Å²) in [6.45, 7) is 3.78. The van der Waals surface area contributed by atoms with Gasteiger partial charge >= 0.3 is 0 Å². The molecule has 0 spiro atoms. The van der Waals surface area contributed by atoms with Crippen molar-refractivity contribution in [2.75, 3.05) is 27.2 Å². The monoisotopic (exact) mass is 464 g/mol. The summed E-state index contributed by atoms with van der Waals surface area (Å²) in [5, 5.41) is 6.47. The van der Waals surface area contributed by atoms with Crippen molar-refractivity contribution in [2.24, 2.45) is 4.99 Å². The largest absolute Gasteiger partial charge is 0.494 e. The van der Waals surface area contributed by atoms with Gasteiger partial charge in [0.15, 0.2) is 17.5 Å². The lowest BCUT2D eigenvalue weighted by Gasteiger charge is -2.19. The van der Waals surface area contributed by atoms with E-state index in [2.05, 4.69) is 15.6 Å². The van der Waals surface area contributed by atoms with Crippen molar-refractivity contribution in [3.8, 4) is 5.75 Å². The van der Waals surface area contributed by atoms with Crippen LogP contribution in [0.4, 0.5) is 4.39 Å². The molecule has 0 aromatic heterocycles. The lowest BCUT2D eigenvalue weighted by Crippen LogP contribution is -2.44. The maximum absolute atomic E-state index is 13.7. The zero-order valence-electron chi connectivity index (χ0n) is 14.8. The van der Waals surface area contributed by atoms with Gasteiger partial charge in [0.25, 0.3) is 0 Å². The predicted octanol–water partition coefficient (Wildman–Crippen LogP) is 2.13. The average Bonchev–Trinajstić information content (AvgIpc) is 3.06.